The molecule has 2 unspecified atom stereocenters. The van der Waals surface area contributed by atoms with E-state index in [1.165, 1.54) is 0 Å². The first-order valence-corrected chi connectivity index (χ1v) is 7.05. The summed E-state index contributed by atoms with van der Waals surface area (Å²) < 4.78 is 16.5. The van der Waals surface area contributed by atoms with Gasteiger partial charge in [0.15, 0.2) is 0 Å². The lowest BCUT2D eigenvalue weighted by Crippen LogP contribution is -2.45. The Morgan fingerprint density at radius 3 is 2.65 bits per heavy atom. The van der Waals surface area contributed by atoms with Crippen molar-refractivity contribution in [2.24, 2.45) is 0 Å². The third-order valence-electron chi connectivity index (χ3n) is 4.29. The van der Waals surface area contributed by atoms with Gasteiger partial charge in [0.2, 0.25) is 0 Å². The Hall–Kier alpha value is -1.26. The second-order valence-electron chi connectivity index (χ2n) is 5.68. The Kier molecular flexibility index (Phi) is 4.25. The molecule has 1 heterocycles. The molecule has 2 rings (SSSR count). The summed E-state index contributed by atoms with van der Waals surface area (Å²) in [6, 6.07) is 5.56. The van der Waals surface area contributed by atoms with E-state index in [1.807, 2.05) is 25.1 Å². The van der Waals surface area contributed by atoms with Crippen LogP contribution >= 0.6 is 0 Å². The minimum absolute atomic E-state index is 0.294. The molecule has 0 amide bonds. The van der Waals surface area contributed by atoms with Gasteiger partial charge in [-0.3, -0.25) is 0 Å². The van der Waals surface area contributed by atoms with Crippen LogP contribution in [-0.4, -0.2) is 31.5 Å². The fraction of sp³-hybridized carbons (Fsp3) is 0.625. The Balaban J connectivity index is 2.38. The summed E-state index contributed by atoms with van der Waals surface area (Å²) in [5, 5.41) is 11.1. The van der Waals surface area contributed by atoms with Crippen molar-refractivity contribution < 1.29 is 19.3 Å². The van der Waals surface area contributed by atoms with Crippen molar-refractivity contribution in [3.63, 3.8) is 0 Å². The van der Waals surface area contributed by atoms with E-state index >= 15 is 0 Å². The molecule has 1 saturated heterocycles. The third-order valence-corrected chi connectivity index (χ3v) is 4.29. The first-order chi connectivity index (χ1) is 9.46. The SMILES string of the molecule is CCC1(C)CC(O)(c2ccc(OC)cc2OC)CCO1. The van der Waals surface area contributed by atoms with Crippen molar-refractivity contribution in [1.29, 1.82) is 0 Å². The molecule has 20 heavy (non-hydrogen) atoms. The molecule has 0 bridgehead atoms. The lowest BCUT2D eigenvalue weighted by molar-refractivity contribution is -0.158. The van der Waals surface area contributed by atoms with E-state index in [4.69, 9.17) is 14.2 Å². The molecular weight excluding hydrogens is 256 g/mol. The van der Waals surface area contributed by atoms with Crippen molar-refractivity contribution in [3.05, 3.63) is 23.8 Å². The topological polar surface area (TPSA) is 47.9 Å². The van der Waals surface area contributed by atoms with Crippen LogP contribution in [0.15, 0.2) is 18.2 Å². The number of methoxy groups -OCH3 is 2. The summed E-state index contributed by atoms with van der Waals surface area (Å²) in [7, 11) is 3.23. The predicted molar refractivity (Wildman–Crippen MR) is 77.3 cm³/mol. The maximum Gasteiger partial charge on any atom is 0.128 e. The van der Waals surface area contributed by atoms with Gasteiger partial charge in [0.1, 0.15) is 11.5 Å². The highest BCUT2D eigenvalue weighted by Gasteiger charge is 2.43. The van der Waals surface area contributed by atoms with Gasteiger partial charge in [0, 0.05) is 24.5 Å². The van der Waals surface area contributed by atoms with Gasteiger partial charge < -0.3 is 19.3 Å². The zero-order chi connectivity index (χ0) is 14.8. The molecule has 1 fully saturated rings. The molecule has 1 aliphatic rings. The quantitative estimate of drug-likeness (QED) is 0.921. The Morgan fingerprint density at radius 2 is 2.05 bits per heavy atom. The predicted octanol–water partition coefficient (Wildman–Crippen LogP) is 2.87. The van der Waals surface area contributed by atoms with Crippen LogP contribution < -0.4 is 9.47 Å². The second-order valence-corrected chi connectivity index (χ2v) is 5.68. The third kappa shape index (κ3) is 2.76. The Morgan fingerprint density at radius 1 is 1.30 bits per heavy atom. The van der Waals surface area contributed by atoms with Crippen molar-refractivity contribution in [2.45, 2.75) is 44.3 Å². The standard InChI is InChI=1S/C16H24O4/c1-5-15(2)11-16(17,8-9-20-15)13-7-6-12(18-3)10-14(13)19-4/h6-7,10,17H,5,8-9,11H2,1-4H3. The largest absolute Gasteiger partial charge is 0.497 e. The van der Waals surface area contributed by atoms with Crippen LogP contribution in [0.3, 0.4) is 0 Å². The molecule has 0 aliphatic carbocycles. The van der Waals surface area contributed by atoms with Gasteiger partial charge in [-0.25, -0.2) is 0 Å². The minimum atomic E-state index is -0.916. The summed E-state index contributed by atoms with van der Waals surface area (Å²) in [6.07, 6.45) is 2.01. The monoisotopic (exact) mass is 280 g/mol. The molecule has 4 heteroatoms. The van der Waals surface area contributed by atoms with Gasteiger partial charge in [-0.1, -0.05) is 6.92 Å². The number of hydrogen-bond acceptors (Lipinski definition) is 4. The lowest BCUT2D eigenvalue weighted by Gasteiger charge is -2.43. The molecule has 2 atom stereocenters. The van der Waals surface area contributed by atoms with Crippen LogP contribution in [0.4, 0.5) is 0 Å². The highest BCUT2D eigenvalue weighted by molar-refractivity contribution is 5.44. The molecule has 0 aromatic heterocycles. The van der Waals surface area contributed by atoms with Crippen LogP contribution in [0.1, 0.15) is 38.7 Å². The highest BCUT2D eigenvalue weighted by atomic mass is 16.5. The number of hydrogen-bond donors (Lipinski definition) is 1. The Labute approximate surface area is 120 Å². The van der Waals surface area contributed by atoms with E-state index in [0.717, 1.165) is 17.7 Å². The first-order valence-electron chi connectivity index (χ1n) is 7.05. The van der Waals surface area contributed by atoms with Crippen LogP contribution in [-0.2, 0) is 10.3 Å². The minimum Gasteiger partial charge on any atom is -0.497 e. The zero-order valence-corrected chi connectivity index (χ0v) is 12.7. The van der Waals surface area contributed by atoms with Gasteiger partial charge in [-0.15, -0.1) is 0 Å². The second kappa shape index (κ2) is 5.62. The van der Waals surface area contributed by atoms with Crippen LogP contribution in [0.25, 0.3) is 0 Å². The molecule has 0 spiro atoms. The molecular formula is C16H24O4. The van der Waals surface area contributed by atoms with Crippen LogP contribution in [0.2, 0.25) is 0 Å². The number of ether oxygens (including phenoxy) is 3. The summed E-state index contributed by atoms with van der Waals surface area (Å²) in [5.74, 6) is 1.38. The van der Waals surface area contributed by atoms with E-state index in [0.29, 0.717) is 25.2 Å². The fourth-order valence-electron chi connectivity index (χ4n) is 2.86. The van der Waals surface area contributed by atoms with Gasteiger partial charge in [-0.05, 0) is 25.5 Å². The summed E-state index contributed by atoms with van der Waals surface area (Å²) >= 11 is 0. The first kappa shape index (κ1) is 15.1. The lowest BCUT2D eigenvalue weighted by atomic mass is 9.77. The van der Waals surface area contributed by atoms with E-state index in [1.54, 1.807) is 14.2 Å². The van der Waals surface area contributed by atoms with Gasteiger partial charge in [0.05, 0.1) is 32.0 Å². The van der Waals surface area contributed by atoms with E-state index in [-0.39, 0.29) is 5.60 Å². The van der Waals surface area contributed by atoms with Crippen LogP contribution in [0, 0.1) is 0 Å². The van der Waals surface area contributed by atoms with E-state index < -0.39 is 5.60 Å². The highest BCUT2D eigenvalue weighted by Crippen LogP contribution is 2.44. The molecule has 0 saturated carbocycles. The van der Waals surface area contributed by atoms with Gasteiger partial charge in [-0.2, -0.15) is 0 Å². The molecule has 4 nitrogen and oxygen atoms in total. The van der Waals surface area contributed by atoms with Crippen molar-refractivity contribution in [1.82, 2.24) is 0 Å². The Bertz CT molecular complexity index is 474. The van der Waals surface area contributed by atoms with Gasteiger partial charge >= 0.3 is 0 Å². The van der Waals surface area contributed by atoms with Crippen LogP contribution in [0.5, 0.6) is 11.5 Å². The maximum atomic E-state index is 11.1. The number of benzene rings is 1. The van der Waals surface area contributed by atoms with E-state index in [9.17, 15) is 5.11 Å². The molecule has 1 N–H and O–H groups in total. The van der Waals surface area contributed by atoms with Crippen molar-refractivity contribution in [3.8, 4) is 11.5 Å². The molecule has 1 aromatic rings. The number of aliphatic hydroxyl groups is 1. The van der Waals surface area contributed by atoms with Crippen molar-refractivity contribution in [2.75, 3.05) is 20.8 Å². The summed E-state index contributed by atoms with van der Waals surface area (Å²) in [4.78, 5) is 0. The average Bonchev–Trinajstić information content (AvgIpc) is 2.46. The average molecular weight is 280 g/mol. The summed E-state index contributed by atoms with van der Waals surface area (Å²) in [5.41, 5.74) is -0.401. The zero-order valence-electron chi connectivity index (χ0n) is 12.7. The van der Waals surface area contributed by atoms with Crippen molar-refractivity contribution >= 4 is 0 Å². The van der Waals surface area contributed by atoms with E-state index in [2.05, 4.69) is 6.92 Å². The fourth-order valence-corrected chi connectivity index (χ4v) is 2.86. The molecule has 1 aliphatic heterocycles. The normalized spacial score (nSPS) is 30.1. The van der Waals surface area contributed by atoms with Gasteiger partial charge in [0.25, 0.3) is 0 Å². The number of rotatable bonds is 4. The molecule has 0 radical (unpaired) electrons. The molecule has 112 valence electrons. The summed E-state index contributed by atoms with van der Waals surface area (Å²) in [6.45, 7) is 4.68. The molecule has 1 aromatic carbocycles. The smallest absolute Gasteiger partial charge is 0.128 e. The maximum absolute atomic E-state index is 11.1.